The summed E-state index contributed by atoms with van der Waals surface area (Å²) in [7, 11) is -3.74. The summed E-state index contributed by atoms with van der Waals surface area (Å²) in [4.78, 5) is 20.5. The molecule has 10 heteroatoms. The summed E-state index contributed by atoms with van der Waals surface area (Å²) in [5, 5.41) is 7.91. The molecule has 0 fully saturated rings. The second-order valence-corrected chi connectivity index (χ2v) is 10.2. The van der Waals surface area contributed by atoms with Crippen molar-refractivity contribution in [3.63, 3.8) is 0 Å². The predicted molar refractivity (Wildman–Crippen MR) is 147 cm³/mol. The topological polar surface area (TPSA) is 139 Å². The van der Waals surface area contributed by atoms with Crippen LogP contribution in [0.5, 0.6) is 0 Å². The van der Waals surface area contributed by atoms with Crippen LogP contribution in [0, 0.1) is 0 Å². The number of hydrogen-bond acceptors (Lipinski definition) is 5. The first-order valence-electron chi connectivity index (χ1n) is 12.3. The van der Waals surface area contributed by atoms with Gasteiger partial charge in [-0.15, -0.1) is 0 Å². The van der Waals surface area contributed by atoms with Gasteiger partial charge in [0.1, 0.15) is 12.4 Å². The van der Waals surface area contributed by atoms with Gasteiger partial charge in [-0.3, -0.25) is 0 Å². The molecule has 38 heavy (non-hydrogen) atoms. The van der Waals surface area contributed by atoms with E-state index in [0.717, 1.165) is 27.9 Å². The van der Waals surface area contributed by atoms with Crippen molar-refractivity contribution >= 4 is 16.3 Å². The molecule has 0 bridgehead atoms. The van der Waals surface area contributed by atoms with Crippen LogP contribution in [0.15, 0.2) is 91.1 Å². The molecule has 0 unspecified atom stereocenters. The number of carbonyl (C=O) groups excluding carboxylic acids is 1. The van der Waals surface area contributed by atoms with Crippen molar-refractivity contribution < 1.29 is 17.9 Å². The number of imidazole rings is 1. The molecule has 1 aromatic heterocycles. The summed E-state index contributed by atoms with van der Waals surface area (Å²) >= 11 is 0. The van der Waals surface area contributed by atoms with Crippen molar-refractivity contribution in [3.05, 3.63) is 102 Å². The van der Waals surface area contributed by atoms with Crippen LogP contribution in [0.25, 0.3) is 22.5 Å². The molecule has 0 radical (unpaired) electrons. The van der Waals surface area contributed by atoms with Crippen LogP contribution in [0.4, 0.5) is 4.79 Å². The number of H-pyrrole nitrogens is 1. The van der Waals surface area contributed by atoms with E-state index >= 15 is 0 Å². The number of carbonyl (C=O) groups is 1. The van der Waals surface area contributed by atoms with Gasteiger partial charge in [0.05, 0.1) is 17.9 Å². The largest absolute Gasteiger partial charge is 0.445 e. The lowest BCUT2D eigenvalue weighted by Gasteiger charge is -2.17. The van der Waals surface area contributed by atoms with E-state index in [0.29, 0.717) is 25.1 Å². The maximum Gasteiger partial charge on any atom is 0.408 e. The number of aromatic nitrogens is 2. The van der Waals surface area contributed by atoms with Crippen LogP contribution < -0.4 is 15.2 Å². The van der Waals surface area contributed by atoms with Gasteiger partial charge in [0.15, 0.2) is 0 Å². The Morgan fingerprint density at radius 1 is 0.921 bits per heavy atom. The molecule has 0 aliphatic rings. The summed E-state index contributed by atoms with van der Waals surface area (Å²) in [6.07, 6.45) is 2.87. The van der Waals surface area contributed by atoms with E-state index in [9.17, 15) is 13.2 Å². The molecule has 1 heterocycles. The standard InChI is InChI=1S/C28H31N5O4S/c29-38(35,36)31-17-8-7-16-25(33-28(34)37-20-21-10-3-1-4-11-21)26-19-30-27(32-26)24-15-9-14-23(18-24)22-12-5-2-6-13-22/h1-6,9-15,18-19,25,31H,7-8,16-17,20H2,(H,30,32)(H,33,34)(H2,29,35,36)/t25-/m0/s1. The van der Waals surface area contributed by atoms with Crippen molar-refractivity contribution in [2.45, 2.75) is 31.9 Å². The van der Waals surface area contributed by atoms with Gasteiger partial charge in [0, 0.05) is 12.1 Å². The normalized spacial score (nSPS) is 12.1. The van der Waals surface area contributed by atoms with E-state index in [1.54, 1.807) is 6.20 Å². The zero-order chi connectivity index (χ0) is 26.8. The number of benzene rings is 3. The number of nitrogens with two attached hydrogens (primary N) is 1. The number of amides is 1. The average molecular weight is 534 g/mol. The minimum Gasteiger partial charge on any atom is -0.445 e. The Morgan fingerprint density at radius 3 is 2.34 bits per heavy atom. The molecule has 4 rings (SSSR count). The molecule has 1 atom stereocenters. The zero-order valence-corrected chi connectivity index (χ0v) is 21.7. The number of unbranched alkanes of at least 4 members (excludes halogenated alkanes) is 1. The van der Waals surface area contributed by atoms with Crippen LogP contribution in [-0.4, -0.2) is 31.0 Å². The van der Waals surface area contributed by atoms with Gasteiger partial charge < -0.3 is 15.0 Å². The molecule has 3 aromatic carbocycles. The van der Waals surface area contributed by atoms with Gasteiger partial charge in [-0.05, 0) is 42.0 Å². The van der Waals surface area contributed by atoms with Crippen molar-refractivity contribution in [2.75, 3.05) is 6.54 Å². The number of hydrogen-bond donors (Lipinski definition) is 4. The summed E-state index contributed by atoms with van der Waals surface area (Å²) in [6.45, 7) is 0.364. The maximum atomic E-state index is 12.6. The molecule has 0 aliphatic carbocycles. The molecule has 0 saturated heterocycles. The molecule has 0 spiro atoms. The molecule has 1 amide bonds. The molecule has 198 valence electrons. The van der Waals surface area contributed by atoms with Gasteiger partial charge in [-0.25, -0.2) is 19.6 Å². The molecule has 9 nitrogen and oxygen atoms in total. The smallest absolute Gasteiger partial charge is 0.408 e. The monoisotopic (exact) mass is 533 g/mol. The fourth-order valence-corrected chi connectivity index (χ4v) is 4.47. The van der Waals surface area contributed by atoms with Crippen LogP contribution in [-0.2, 0) is 21.6 Å². The Hall–Kier alpha value is -3.99. The van der Waals surface area contributed by atoms with E-state index in [-0.39, 0.29) is 13.2 Å². The molecule has 5 N–H and O–H groups in total. The Bertz CT molecular complexity index is 1430. The van der Waals surface area contributed by atoms with Gasteiger partial charge in [-0.2, -0.15) is 8.42 Å². The van der Waals surface area contributed by atoms with Gasteiger partial charge in [0.25, 0.3) is 10.2 Å². The number of nitrogens with one attached hydrogen (secondary N) is 3. The third-order valence-electron chi connectivity index (χ3n) is 5.94. The fraction of sp³-hybridized carbons (Fsp3) is 0.214. The highest BCUT2D eigenvalue weighted by molar-refractivity contribution is 7.87. The lowest BCUT2D eigenvalue weighted by molar-refractivity contribution is 0.134. The second kappa shape index (κ2) is 13.0. The quantitative estimate of drug-likeness (QED) is 0.196. The van der Waals surface area contributed by atoms with E-state index in [1.807, 2.05) is 66.7 Å². The van der Waals surface area contributed by atoms with Gasteiger partial charge in [0.2, 0.25) is 0 Å². The first-order chi connectivity index (χ1) is 18.4. The van der Waals surface area contributed by atoms with Gasteiger partial charge >= 0.3 is 6.09 Å². The van der Waals surface area contributed by atoms with Crippen molar-refractivity contribution in [1.29, 1.82) is 0 Å². The first-order valence-corrected chi connectivity index (χ1v) is 13.9. The number of alkyl carbamates (subject to hydrolysis) is 1. The van der Waals surface area contributed by atoms with Crippen LogP contribution in [0.1, 0.15) is 36.6 Å². The average Bonchev–Trinajstić information content (AvgIpc) is 3.42. The summed E-state index contributed by atoms with van der Waals surface area (Å²) in [5.74, 6) is 0.679. The Kier molecular flexibility index (Phi) is 9.26. The van der Waals surface area contributed by atoms with Crippen LogP contribution in [0.2, 0.25) is 0 Å². The number of rotatable bonds is 12. The Morgan fingerprint density at radius 2 is 1.61 bits per heavy atom. The Labute approximate surface area is 222 Å². The molecular weight excluding hydrogens is 502 g/mol. The van der Waals surface area contributed by atoms with Crippen molar-refractivity contribution in [2.24, 2.45) is 5.14 Å². The molecule has 4 aromatic rings. The summed E-state index contributed by atoms with van der Waals surface area (Å²) < 4.78 is 29.9. The van der Waals surface area contributed by atoms with Crippen LogP contribution >= 0.6 is 0 Å². The molecule has 0 aliphatic heterocycles. The van der Waals surface area contributed by atoms with Crippen LogP contribution in [0.3, 0.4) is 0 Å². The third-order valence-corrected chi connectivity index (χ3v) is 6.55. The highest BCUT2D eigenvalue weighted by Crippen LogP contribution is 2.26. The van der Waals surface area contributed by atoms with E-state index < -0.39 is 22.3 Å². The second-order valence-electron chi connectivity index (χ2n) is 8.83. The zero-order valence-electron chi connectivity index (χ0n) is 20.8. The van der Waals surface area contributed by atoms with Crippen molar-refractivity contribution in [1.82, 2.24) is 20.0 Å². The summed E-state index contributed by atoms with van der Waals surface area (Å²) in [5.41, 5.74) is 4.70. The lowest BCUT2D eigenvalue weighted by atomic mass is 10.0. The van der Waals surface area contributed by atoms with E-state index in [2.05, 4.69) is 38.2 Å². The number of ether oxygens (including phenoxy) is 1. The summed E-state index contributed by atoms with van der Waals surface area (Å²) in [6, 6.07) is 27.2. The minimum absolute atomic E-state index is 0.151. The van der Waals surface area contributed by atoms with E-state index in [4.69, 9.17) is 9.88 Å². The number of aromatic amines is 1. The predicted octanol–water partition coefficient (Wildman–Crippen LogP) is 4.67. The minimum atomic E-state index is -3.74. The fourth-order valence-electron chi connectivity index (χ4n) is 4.04. The Balaban J connectivity index is 1.45. The van der Waals surface area contributed by atoms with Gasteiger partial charge in [-0.1, -0.05) is 78.9 Å². The molecule has 0 saturated carbocycles. The lowest BCUT2D eigenvalue weighted by Crippen LogP contribution is -2.32. The maximum absolute atomic E-state index is 12.6. The molecular formula is C28H31N5O4S. The van der Waals surface area contributed by atoms with E-state index in [1.165, 1.54) is 0 Å². The highest BCUT2D eigenvalue weighted by Gasteiger charge is 2.19. The number of nitrogens with zero attached hydrogens (tertiary/aromatic N) is 1. The third kappa shape index (κ3) is 8.27. The SMILES string of the molecule is NS(=O)(=O)NCCCC[C@H](NC(=O)OCc1ccccc1)c1cnc(-c2cccc(-c3ccccc3)c2)[nH]1. The van der Waals surface area contributed by atoms with Crippen molar-refractivity contribution in [3.8, 4) is 22.5 Å². The first kappa shape index (κ1) is 27.1. The highest BCUT2D eigenvalue weighted by atomic mass is 32.2.